The fraction of sp³-hybridized carbons (Fsp3) is 0.786. The van der Waals surface area contributed by atoms with Crippen LogP contribution in [0.15, 0.2) is 0 Å². The predicted molar refractivity (Wildman–Crippen MR) is 77.9 cm³/mol. The summed E-state index contributed by atoms with van der Waals surface area (Å²) in [7, 11) is 0. The number of rotatable bonds is 7. The Labute approximate surface area is 125 Å². The Kier molecular flexibility index (Phi) is 7.74. The summed E-state index contributed by atoms with van der Waals surface area (Å²) in [6.07, 6.45) is 3.11. The van der Waals surface area contributed by atoms with Gasteiger partial charge in [0, 0.05) is 25.4 Å². The van der Waals surface area contributed by atoms with Gasteiger partial charge < -0.3 is 15.3 Å². The molecule has 1 rings (SSSR count). The van der Waals surface area contributed by atoms with Gasteiger partial charge in [-0.25, -0.2) is 4.79 Å². The summed E-state index contributed by atoms with van der Waals surface area (Å²) >= 11 is 0. The quantitative estimate of drug-likeness (QED) is 0.608. The van der Waals surface area contributed by atoms with Crippen molar-refractivity contribution in [3.05, 3.63) is 0 Å². The first-order valence-electron chi connectivity index (χ1n) is 7.55. The van der Waals surface area contributed by atoms with Gasteiger partial charge in [-0.05, 0) is 38.8 Å². The number of carbonyl (C=O) groups excluding carboxylic acids is 2. The van der Waals surface area contributed by atoms with Crippen LogP contribution in [-0.4, -0.2) is 53.6 Å². The van der Waals surface area contributed by atoms with Gasteiger partial charge in [-0.3, -0.25) is 14.9 Å². The molecular weight excluding hydrogens is 274 g/mol. The van der Waals surface area contributed by atoms with Crippen LogP contribution < -0.4 is 10.6 Å². The van der Waals surface area contributed by atoms with Crippen molar-refractivity contribution in [1.82, 2.24) is 15.5 Å². The zero-order chi connectivity index (χ0) is 15.7. The standard InChI is InChI=1S/C14H25N3O4/c1-2-17-9-5-6-11(10-17)15-14(21)16-12(18)7-3-4-8-13(19)20/h11H,2-10H2,1H3,(H,19,20)(H2,15,16,18,21). The van der Waals surface area contributed by atoms with Gasteiger partial charge in [-0.1, -0.05) is 6.92 Å². The molecule has 0 aliphatic carbocycles. The Hall–Kier alpha value is -1.63. The molecule has 0 aromatic carbocycles. The molecular formula is C14H25N3O4. The largest absolute Gasteiger partial charge is 0.481 e. The summed E-state index contributed by atoms with van der Waals surface area (Å²) in [5, 5.41) is 13.6. The maximum Gasteiger partial charge on any atom is 0.321 e. The second-order valence-corrected chi connectivity index (χ2v) is 5.35. The number of imide groups is 1. The zero-order valence-electron chi connectivity index (χ0n) is 12.6. The summed E-state index contributed by atoms with van der Waals surface area (Å²) in [4.78, 5) is 35.8. The third-order valence-electron chi connectivity index (χ3n) is 3.59. The molecule has 1 aliphatic rings. The number of aliphatic carboxylic acids is 1. The molecule has 0 spiro atoms. The van der Waals surface area contributed by atoms with Gasteiger partial charge in [0.2, 0.25) is 5.91 Å². The van der Waals surface area contributed by atoms with E-state index >= 15 is 0 Å². The molecule has 120 valence electrons. The van der Waals surface area contributed by atoms with Crippen LogP contribution >= 0.6 is 0 Å². The molecule has 1 atom stereocenters. The number of nitrogens with one attached hydrogen (secondary N) is 2. The highest BCUT2D eigenvalue weighted by atomic mass is 16.4. The summed E-state index contributed by atoms with van der Waals surface area (Å²) in [6, 6.07) is -0.375. The molecule has 3 N–H and O–H groups in total. The van der Waals surface area contributed by atoms with Crippen LogP contribution in [0.3, 0.4) is 0 Å². The minimum atomic E-state index is -0.870. The van der Waals surface area contributed by atoms with Crippen LogP contribution in [0.5, 0.6) is 0 Å². The van der Waals surface area contributed by atoms with Crippen LogP contribution in [-0.2, 0) is 9.59 Å². The fourth-order valence-electron chi connectivity index (χ4n) is 2.43. The molecule has 0 saturated carbocycles. The van der Waals surface area contributed by atoms with Gasteiger partial charge >= 0.3 is 12.0 Å². The van der Waals surface area contributed by atoms with Crippen LogP contribution in [0.2, 0.25) is 0 Å². The number of carboxylic acids is 1. The van der Waals surface area contributed by atoms with Gasteiger partial charge in [0.15, 0.2) is 0 Å². The average Bonchev–Trinajstić information content (AvgIpc) is 2.43. The highest BCUT2D eigenvalue weighted by Crippen LogP contribution is 2.09. The van der Waals surface area contributed by atoms with Gasteiger partial charge in [0.25, 0.3) is 0 Å². The monoisotopic (exact) mass is 299 g/mol. The summed E-state index contributed by atoms with van der Waals surface area (Å²) in [5.41, 5.74) is 0. The lowest BCUT2D eigenvalue weighted by molar-refractivity contribution is -0.137. The number of hydrogen-bond acceptors (Lipinski definition) is 4. The molecule has 1 heterocycles. The number of likely N-dealkylation sites (N-methyl/N-ethyl adjacent to an activating group) is 1. The average molecular weight is 299 g/mol. The number of carboxylic acid groups (broad SMARTS) is 1. The summed E-state index contributed by atoms with van der Waals surface area (Å²) in [5.74, 6) is -1.23. The van der Waals surface area contributed by atoms with E-state index in [-0.39, 0.29) is 24.8 Å². The first-order chi connectivity index (χ1) is 10.0. The van der Waals surface area contributed by atoms with E-state index in [0.29, 0.717) is 12.8 Å². The number of amides is 3. The highest BCUT2D eigenvalue weighted by molar-refractivity contribution is 5.94. The Morgan fingerprint density at radius 2 is 1.95 bits per heavy atom. The van der Waals surface area contributed by atoms with Crippen molar-refractivity contribution < 1.29 is 19.5 Å². The van der Waals surface area contributed by atoms with Crippen LogP contribution in [0.4, 0.5) is 4.79 Å². The van der Waals surface area contributed by atoms with Gasteiger partial charge in [0.1, 0.15) is 0 Å². The van der Waals surface area contributed by atoms with E-state index in [9.17, 15) is 14.4 Å². The Bertz CT molecular complexity index is 373. The minimum Gasteiger partial charge on any atom is -0.481 e. The molecule has 21 heavy (non-hydrogen) atoms. The maximum atomic E-state index is 11.7. The van der Waals surface area contributed by atoms with Crippen molar-refractivity contribution in [3.8, 4) is 0 Å². The first kappa shape index (κ1) is 17.4. The van der Waals surface area contributed by atoms with Crippen molar-refractivity contribution >= 4 is 17.9 Å². The van der Waals surface area contributed by atoms with Gasteiger partial charge in [-0.2, -0.15) is 0 Å². The van der Waals surface area contributed by atoms with Crippen molar-refractivity contribution in [3.63, 3.8) is 0 Å². The van der Waals surface area contributed by atoms with E-state index in [2.05, 4.69) is 22.5 Å². The lowest BCUT2D eigenvalue weighted by Crippen LogP contribution is -2.51. The van der Waals surface area contributed by atoms with Crippen molar-refractivity contribution in [1.29, 1.82) is 0 Å². The zero-order valence-corrected chi connectivity index (χ0v) is 12.6. The lowest BCUT2D eigenvalue weighted by Gasteiger charge is -2.32. The third-order valence-corrected chi connectivity index (χ3v) is 3.59. The third kappa shape index (κ3) is 7.65. The molecule has 1 aliphatic heterocycles. The van der Waals surface area contributed by atoms with Crippen molar-refractivity contribution in [2.24, 2.45) is 0 Å². The number of unbranched alkanes of at least 4 members (excludes halogenated alkanes) is 1. The van der Waals surface area contributed by atoms with Crippen molar-refractivity contribution in [2.45, 2.75) is 51.5 Å². The normalized spacial score (nSPS) is 19.0. The molecule has 1 fully saturated rings. The molecule has 1 saturated heterocycles. The smallest absolute Gasteiger partial charge is 0.321 e. The topological polar surface area (TPSA) is 98.7 Å². The Balaban J connectivity index is 2.17. The van der Waals surface area contributed by atoms with Crippen LogP contribution in [0.25, 0.3) is 0 Å². The van der Waals surface area contributed by atoms with E-state index < -0.39 is 12.0 Å². The number of nitrogens with zero attached hydrogens (tertiary/aromatic N) is 1. The molecule has 3 amide bonds. The second kappa shape index (κ2) is 9.33. The molecule has 0 bridgehead atoms. The molecule has 7 heteroatoms. The van der Waals surface area contributed by atoms with E-state index in [4.69, 9.17) is 5.11 Å². The first-order valence-corrected chi connectivity index (χ1v) is 7.55. The molecule has 1 unspecified atom stereocenters. The number of piperidine rings is 1. The van der Waals surface area contributed by atoms with Crippen LogP contribution in [0, 0.1) is 0 Å². The van der Waals surface area contributed by atoms with E-state index in [1.165, 1.54) is 0 Å². The molecule has 0 aromatic rings. The molecule has 0 aromatic heterocycles. The minimum absolute atomic E-state index is 0.0500. The number of urea groups is 1. The van der Waals surface area contributed by atoms with Crippen molar-refractivity contribution in [2.75, 3.05) is 19.6 Å². The SMILES string of the molecule is CCN1CCCC(NC(=O)NC(=O)CCCCC(=O)O)C1. The van der Waals surface area contributed by atoms with Crippen LogP contribution in [0.1, 0.15) is 45.4 Å². The Morgan fingerprint density at radius 3 is 2.62 bits per heavy atom. The second-order valence-electron chi connectivity index (χ2n) is 5.35. The van der Waals surface area contributed by atoms with Gasteiger partial charge in [-0.15, -0.1) is 0 Å². The van der Waals surface area contributed by atoms with E-state index in [0.717, 1.165) is 32.5 Å². The predicted octanol–water partition coefficient (Wildman–Crippen LogP) is 0.941. The Morgan fingerprint density at radius 1 is 1.24 bits per heavy atom. The number of carbonyl (C=O) groups is 3. The number of likely N-dealkylation sites (tertiary alicyclic amines) is 1. The number of hydrogen-bond donors (Lipinski definition) is 3. The molecule has 0 radical (unpaired) electrons. The lowest BCUT2D eigenvalue weighted by atomic mass is 10.1. The maximum absolute atomic E-state index is 11.7. The molecule has 7 nitrogen and oxygen atoms in total. The fourth-order valence-corrected chi connectivity index (χ4v) is 2.43. The summed E-state index contributed by atoms with van der Waals surface area (Å²) < 4.78 is 0. The van der Waals surface area contributed by atoms with E-state index in [1.54, 1.807) is 0 Å². The van der Waals surface area contributed by atoms with E-state index in [1.807, 2.05) is 0 Å². The summed E-state index contributed by atoms with van der Waals surface area (Å²) in [6.45, 7) is 4.92. The highest BCUT2D eigenvalue weighted by Gasteiger charge is 2.20. The van der Waals surface area contributed by atoms with Gasteiger partial charge in [0.05, 0.1) is 0 Å².